The maximum Gasteiger partial charge on any atom is 0.135 e. The predicted octanol–water partition coefficient (Wildman–Crippen LogP) is 10.0. The van der Waals surface area contributed by atoms with E-state index in [-0.39, 0.29) is 6.17 Å². The van der Waals surface area contributed by atoms with Gasteiger partial charge in [0.25, 0.3) is 0 Å². The van der Waals surface area contributed by atoms with E-state index in [0.29, 0.717) is 11.4 Å². The van der Waals surface area contributed by atoms with Crippen LogP contribution in [0.1, 0.15) is 11.1 Å². The minimum absolute atomic E-state index is 0.0940. The lowest BCUT2D eigenvalue weighted by molar-refractivity contribution is 0.654. The topological polar surface area (TPSA) is 84.8 Å². The summed E-state index contributed by atoms with van der Waals surface area (Å²) in [6.45, 7) is 0. The van der Waals surface area contributed by atoms with Crippen LogP contribution < -0.4 is 10.6 Å². The van der Waals surface area contributed by atoms with Gasteiger partial charge in [0.15, 0.2) is 0 Å². The van der Waals surface area contributed by atoms with Crippen molar-refractivity contribution < 1.29 is 4.42 Å². The van der Waals surface area contributed by atoms with E-state index >= 15 is 0 Å². The maximum atomic E-state index is 9.18. The number of dihydropyridines is 1. The summed E-state index contributed by atoms with van der Waals surface area (Å²) in [7, 11) is 0. The molecule has 1 aliphatic rings. The van der Waals surface area contributed by atoms with Crippen molar-refractivity contribution in [2.75, 3.05) is 0 Å². The van der Waals surface area contributed by atoms with Crippen molar-refractivity contribution in [1.29, 1.82) is 10.7 Å². The fraction of sp³-hybridized carbons (Fsp3) is 0.0233. The number of fused-ring (bicyclic) bond motifs is 3. The van der Waals surface area contributed by atoms with E-state index in [0.717, 1.165) is 72.0 Å². The number of hydrogen-bond donors (Lipinski definition) is 3. The number of rotatable bonds is 6. The Morgan fingerprint density at radius 2 is 1.10 bits per heavy atom. The summed E-state index contributed by atoms with van der Waals surface area (Å²) in [5.74, 6) is 0.373. The molecule has 1 unspecified atom stereocenters. The summed E-state index contributed by atoms with van der Waals surface area (Å²) < 4.78 is 6.21. The first-order valence-electron chi connectivity index (χ1n) is 15.8. The smallest absolute Gasteiger partial charge is 0.135 e. The molecule has 0 spiro atoms. The van der Waals surface area contributed by atoms with E-state index in [4.69, 9.17) is 9.83 Å². The van der Waals surface area contributed by atoms with Gasteiger partial charge in [-0.1, -0.05) is 91.0 Å². The van der Waals surface area contributed by atoms with E-state index in [1.54, 1.807) is 0 Å². The highest BCUT2D eigenvalue weighted by molar-refractivity contribution is 6.07. The monoisotopic (exact) mass is 618 g/mol. The van der Waals surface area contributed by atoms with Gasteiger partial charge in [0, 0.05) is 16.3 Å². The number of nitrogens with one attached hydrogen (secondary N) is 3. The predicted molar refractivity (Wildman–Crippen MR) is 195 cm³/mol. The van der Waals surface area contributed by atoms with Crippen LogP contribution in [-0.2, 0) is 0 Å². The number of amidine groups is 1. The molecule has 1 aromatic heterocycles. The molecule has 1 aliphatic heterocycles. The minimum Gasteiger partial charge on any atom is -0.456 e. The number of allylic oxidation sites excluding steroid dienone is 2. The highest BCUT2D eigenvalue weighted by Gasteiger charge is 2.12. The van der Waals surface area contributed by atoms with Crippen molar-refractivity contribution in [2.24, 2.45) is 0 Å². The third kappa shape index (κ3) is 5.64. The second kappa shape index (κ2) is 12.3. The van der Waals surface area contributed by atoms with Gasteiger partial charge < -0.3 is 15.1 Å². The van der Waals surface area contributed by atoms with Crippen LogP contribution in [0.5, 0.6) is 0 Å². The first-order chi connectivity index (χ1) is 23.6. The maximum absolute atomic E-state index is 9.18. The molecule has 0 saturated heterocycles. The second-order valence-corrected chi connectivity index (χ2v) is 11.9. The molecule has 0 bridgehead atoms. The standard InChI is InChI=1S/C43H30N4O/c44-27-28-10-12-29(13-11-28)36-18-20-40-38(25-36)39-26-37(19-21-41(39)48-40)35-8-4-7-34(24-35)33-6-3-5-32(23-33)30-14-16-31(17-15-30)43(45)47-42-9-1-2-22-46-42/h1-26,42,46H,(H2,45,47). The van der Waals surface area contributed by atoms with Gasteiger partial charge in [0.1, 0.15) is 23.2 Å². The van der Waals surface area contributed by atoms with Gasteiger partial charge in [-0.2, -0.15) is 5.26 Å². The molecule has 3 N–H and O–H groups in total. The van der Waals surface area contributed by atoms with Crippen molar-refractivity contribution in [3.63, 3.8) is 0 Å². The fourth-order valence-corrected chi connectivity index (χ4v) is 6.23. The Hall–Kier alpha value is -6.64. The Morgan fingerprint density at radius 1 is 0.604 bits per heavy atom. The van der Waals surface area contributed by atoms with Crippen LogP contribution in [0, 0.1) is 16.7 Å². The lowest BCUT2D eigenvalue weighted by Gasteiger charge is -2.19. The molecule has 7 aromatic rings. The third-order valence-corrected chi connectivity index (χ3v) is 8.80. The zero-order valence-corrected chi connectivity index (χ0v) is 25.9. The molecule has 5 nitrogen and oxygen atoms in total. The van der Waals surface area contributed by atoms with Gasteiger partial charge in [0.2, 0.25) is 0 Å². The van der Waals surface area contributed by atoms with Gasteiger partial charge in [-0.05, 0) is 111 Å². The van der Waals surface area contributed by atoms with Crippen LogP contribution >= 0.6 is 0 Å². The lowest BCUT2D eigenvalue weighted by Crippen LogP contribution is -2.42. The van der Waals surface area contributed by atoms with Crippen molar-refractivity contribution in [3.8, 4) is 50.6 Å². The van der Waals surface area contributed by atoms with E-state index in [2.05, 4.69) is 108 Å². The average Bonchev–Trinajstić information content (AvgIpc) is 3.53. The SMILES string of the molecule is N#Cc1ccc(-c2ccc3oc4ccc(-c5cccc(-c6cccc(-c7ccc(C(=N)NC8C=CC=CN8)cc7)c6)c5)cc4c3c2)cc1. The molecule has 2 heterocycles. The molecular weight excluding hydrogens is 589 g/mol. The summed E-state index contributed by atoms with van der Waals surface area (Å²) in [6, 6.07) is 47.9. The molecule has 0 aliphatic carbocycles. The van der Waals surface area contributed by atoms with E-state index < -0.39 is 0 Å². The van der Waals surface area contributed by atoms with Crippen LogP contribution in [0.4, 0.5) is 0 Å². The molecule has 5 heteroatoms. The Balaban J connectivity index is 1.06. The number of hydrogen-bond acceptors (Lipinski definition) is 4. The number of furan rings is 1. The molecule has 8 rings (SSSR count). The highest BCUT2D eigenvalue weighted by Crippen LogP contribution is 2.36. The summed E-state index contributed by atoms with van der Waals surface area (Å²) in [5.41, 5.74) is 12.1. The number of benzene rings is 6. The highest BCUT2D eigenvalue weighted by atomic mass is 16.3. The summed E-state index contributed by atoms with van der Waals surface area (Å²) in [5, 5.41) is 26.2. The van der Waals surface area contributed by atoms with Gasteiger partial charge in [-0.3, -0.25) is 5.41 Å². The minimum atomic E-state index is -0.0940. The fourth-order valence-electron chi connectivity index (χ4n) is 6.23. The zero-order chi connectivity index (χ0) is 32.5. The lowest BCUT2D eigenvalue weighted by atomic mass is 9.95. The van der Waals surface area contributed by atoms with Gasteiger partial charge in [-0.25, -0.2) is 0 Å². The first-order valence-corrected chi connectivity index (χ1v) is 15.8. The van der Waals surface area contributed by atoms with Crippen molar-refractivity contribution >= 4 is 27.8 Å². The summed E-state index contributed by atoms with van der Waals surface area (Å²) in [4.78, 5) is 0. The van der Waals surface area contributed by atoms with Crippen LogP contribution in [0.15, 0.2) is 162 Å². The Bertz CT molecular complexity index is 2430. The Morgan fingerprint density at radius 3 is 1.65 bits per heavy atom. The molecular formula is C43H30N4O. The van der Waals surface area contributed by atoms with Crippen LogP contribution in [0.25, 0.3) is 66.4 Å². The van der Waals surface area contributed by atoms with Crippen LogP contribution in [0.3, 0.4) is 0 Å². The van der Waals surface area contributed by atoms with Crippen molar-refractivity contribution in [2.45, 2.75) is 6.17 Å². The Labute approximate surface area is 278 Å². The molecule has 0 radical (unpaired) electrons. The van der Waals surface area contributed by atoms with E-state index in [1.165, 1.54) is 0 Å². The van der Waals surface area contributed by atoms with Crippen molar-refractivity contribution in [3.05, 3.63) is 169 Å². The summed E-state index contributed by atoms with van der Waals surface area (Å²) in [6.07, 6.45) is 7.65. The molecule has 1 atom stereocenters. The largest absolute Gasteiger partial charge is 0.456 e. The first kappa shape index (κ1) is 28.8. The number of nitriles is 1. The second-order valence-electron chi connectivity index (χ2n) is 11.9. The van der Waals surface area contributed by atoms with Crippen LogP contribution in [-0.4, -0.2) is 12.0 Å². The van der Waals surface area contributed by atoms with Gasteiger partial charge in [0.05, 0.1) is 11.6 Å². The average molecular weight is 619 g/mol. The van der Waals surface area contributed by atoms with E-state index in [9.17, 15) is 5.26 Å². The number of nitrogens with zero attached hydrogens (tertiary/aromatic N) is 1. The molecule has 228 valence electrons. The zero-order valence-electron chi connectivity index (χ0n) is 25.9. The quantitative estimate of drug-likeness (QED) is 0.128. The molecule has 0 fully saturated rings. The molecule has 0 amide bonds. The van der Waals surface area contributed by atoms with E-state index in [1.807, 2.05) is 66.9 Å². The third-order valence-electron chi connectivity index (χ3n) is 8.80. The summed E-state index contributed by atoms with van der Waals surface area (Å²) >= 11 is 0. The normalized spacial score (nSPS) is 13.7. The van der Waals surface area contributed by atoms with Crippen molar-refractivity contribution in [1.82, 2.24) is 10.6 Å². The van der Waals surface area contributed by atoms with Gasteiger partial charge in [-0.15, -0.1) is 0 Å². The molecule has 48 heavy (non-hydrogen) atoms. The molecule has 6 aromatic carbocycles. The Kier molecular flexibility index (Phi) is 7.37. The molecule has 0 saturated carbocycles. The van der Waals surface area contributed by atoms with Crippen LogP contribution in [0.2, 0.25) is 0 Å². The van der Waals surface area contributed by atoms with Gasteiger partial charge >= 0.3 is 0 Å².